The van der Waals surface area contributed by atoms with Crippen LogP contribution in [0.1, 0.15) is 29.6 Å². The van der Waals surface area contributed by atoms with E-state index in [1.54, 1.807) is 18.2 Å². The Hall–Kier alpha value is -1.26. The molecule has 5 heteroatoms. The van der Waals surface area contributed by atoms with E-state index in [-0.39, 0.29) is 5.91 Å². The molecule has 0 radical (unpaired) electrons. The highest BCUT2D eigenvalue weighted by molar-refractivity contribution is 6.33. The smallest absolute Gasteiger partial charge is 0.253 e. The number of ether oxygens (including phenoxy) is 1. The Kier molecular flexibility index (Phi) is 5.05. The molecule has 0 unspecified atom stereocenters. The summed E-state index contributed by atoms with van der Waals surface area (Å²) in [5, 5.41) is 3.22. The van der Waals surface area contributed by atoms with Crippen molar-refractivity contribution in [2.24, 2.45) is 5.92 Å². The summed E-state index contributed by atoms with van der Waals surface area (Å²) in [4.78, 5) is 11.9. The first-order chi connectivity index (χ1) is 9.18. The number of rotatable bonds is 7. The van der Waals surface area contributed by atoms with Gasteiger partial charge in [-0.25, -0.2) is 0 Å². The van der Waals surface area contributed by atoms with Gasteiger partial charge < -0.3 is 15.8 Å². The topological polar surface area (TPSA) is 64.4 Å². The average molecular weight is 283 g/mol. The molecule has 19 heavy (non-hydrogen) atoms. The van der Waals surface area contributed by atoms with E-state index >= 15 is 0 Å². The first-order valence-corrected chi connectivity index (χ1v) is 6.96. The molecule has 4 nitrogen and oxygen atoms in total. The molecular weight excluding hydrogens is 264 g/mol. The molecule has 0 bridgehead atoms. The Morgan fingerprint density at radius 3 is 3.00 bits per heavy atom. The lowest BCUT2D eigenvalue weighted by Crippen LogP contribution is -2.26. The molecule has 2 rings (SSSR count). The Labute approximate surface area is 118 Å². The van der Waals surface area contributed by atoms with Crippen LogP contribution >= 0.6 is 11.6 Å². The van der Waals surface area contributed by atoms with Crippen molar-refractivity contribution < 1.29 is 9.53 Å². The summed E-state index contributed by atoms with van der Waals surface area (Å²) in [6, 6.07) is 5.05. The number of anilines is 1. The lowest BCUT2D eigenvalue weighted by Gasteiger charge is -2.08. The molecule has 1 fully saturated rings. The number of amides is 1. The predicted octanol–water partition coefficient (Wildman–Crippen LogP) is 2.47. The molecular formula is C14H19ClN2O2. The second-order valence-corrected chi connectivity index (χ2v) is 5.24. The first-order valence-electron chi connectivity index (χ1n) is 6.58. The zero-order valence-corrected chi connectivity index (χ0v) is 11.6. The molecule has 0 aliphatic heterocycles. The van der Waals surface area contributed by atoms with E-state index in [9.17, 15) is 4.79 Å². The van der Waals surface area contributed by atoms with Gasteiger partial charge in [-0.05, 0) is 37.3 Å². The van der Waals surface area contributed by atoms with Gasteiger partial charge in [0.25, 0.3) is 5.91 Å². The van der Waals surface area contributed by atoms with E-state index in [0.29, 0.717) is 29.4 Å². The highest BCUT2D eigenvalue weighted by Crippen LogP contribution is 2.28. The van der Waals surface area contributed by atoms with Crippen molar-refractivity contribution in [1.82, 2.24) is 5.32 Å². The first kappa shape index (κ1) is 14.2. The fraction of sp³-hybridized carbons (Fsp3) is 0.500. The summed E-state index contributed by atoms with van der Waals surface area (Å²) < 4.78 is 5.49. The van der Waals surface area contributed by atoms with Gasteiger partial charge in [0, 0.05) is 19.8 Å². The second kappa shape index (κ2) is 6.78. The van der Waals surface area contributed by atoms with Crippen molar-refractivity contribution >= 4 is 23.2 Å². The van der Waals surface area contributed by atoms with E-state index < -0.39 is 0 Å². The molecule has 1 amide bonds. The lowest BCUT2D eigenvalue weighted by atomic mass is 10.1. The molecule has 1 saturated carbocycles. The molecule has 0 aromatic heterocycles. The van der Waals surface area contributed by atoms with Gasteiger partial charge in [-0.15, -0.1) is 0 Å². The molecule has 0 spiro atoms. The number of hydrogen-bond donors (Lipinski definition) is 2. The predicted molar refractivity (Wildman–Crippen MR) is 76.4 cm³/mol. The SMILES string of the molecule is Nc1c(Cl)cccc1C(=O)NCCCOCC1CC1. The maximum absolute atomic E-state index is 11.9. The quantitative estimate of drug-likeness (QED) is 0.596. The summed E-state index contributed by atoms with van der Waals surface area (Å²) >= 11 is 5.87. The maximum atomic E-state index is 11.9. The minimum Gasteiger partial charge on any atom is -0.397 e. The summed E-state index contributed by atoms with van der Waals surface area (Å²) in [7, 11) is 0. The third-order valence-electron chi connectivity index (χ3n) is 3.10. The highest BCUT2D eigenvalue weighted by Gasteiger charge is 2.20. The number of carbonyl (C=O) groups excluding carboxylic acids is 1. The van der Waals surface area contributed by atoms with Crippen molar-refractivity contribution in [2.75, 3.05) is 25.5 Å². The third-order valence-corrected chi connectivity index (χ3v) is 3.43. The van der Waals surface area contributed by atoms with Crippen LogP contribution in [0.3, 0.4) is 0 Å². The molecule has 104 valence electrons. The number of nitrogen functional groups attached to an aromatic ring is 1. The zero-order chi connectivity index (χ0) is 13.7. The van der Waals surface area contributed by atoms with Crippen molar-refractivity contribution in [3.8, 4) is 0 Å². The molecule has 0 heterocycles. The van der Waals surface area contributed by atoms with Gasteiger partial charge in [-0.3, -0.25) is 4.79 Å². The minimum absolute atomic E-state index is 0.192. The summed E-state index contributed by atoms with van der Waals surface area (Å²) in [5.41, 5.74) is 6.51. The van der Waals surface area contributed by atoms with Crippen molar-refractivity contribution in [3.05, 3.63) is 28.8 Å². The van der Waals surface area contributed by atoms with Gasteiger partial charge in [0.2, 0.25) is 0 Å². The zero-order valence-electron chi connectivity index (χ0n) is 10.8. The highest BCUT2D eigenvalue weighted by atomic mass is 35.5. The summed E-state index contributed by atoms with van der Waals surface area (Å²) in [6.45, 7) is 2.12. The molecule has 1 aliphatic carbocycles. The summed E-state index contributed by atoms with van der Waals surface area (Å²) in [5.74, 6) is 0.586. The van der Waals surface area contributed by atoms with E-state index in [0.717, 1.165) is 18.9 Å². The fourth-order valence-corrected chi connectivity index (χ4v) is 1.92. The number of carbonyl (C=O) groups is 1. The van der Waals surface area contributed by atoms with E-state index in [1.165, 1.54) is 12.8 Å². The van der Waals surface area contributed by atoms with Crippen LogP contribution in [0.4, 0.5) is 5.69 Å². The van der Waals surface area contributed by atoms with Gasteiger partial charge in [-0.1, -0.05) is 17.7 Å². The van der Waals surface area contributed by atoms with Crippen LogP contribution in [0, 0.1) is 5.92 Å². The number of para-hydroxylation sites is 1. The molecule has 1 aliphatic rings. The van der Waals surface area contributed by atoms with E-state index in [2.05, 4.69) is 5.32 Å². The lowest BCUT2D eigenvalue weighted by molar-refractivity contribution is 0.0938. The molecule has 1 aromatic rings. The third kappa shape index (κ3) is 4.40. The van der Waals surface area contributed by atoms with Gasteiger partial charge >= 0.3 is 0 Å². The van der Waals surface area contributed by atoms with Gasteiger partial charge in [0.1, 0.15) is 0 Å². The van der Waals surface area contributed by atoms with Crippen LogP contribution in [-0.4, -0.2) is 25.7 Å². The maximum Gasteiger partial charge on any atom is 0.253 e. The van der Waals surface area contributed by atoms with Crippen LogP contribution in [0.2, 0.25) is 5.02 Å². The van der Waals surface area contributed by atoms with Gasteiger partial charge in [-0.2, -0.15) is 0 Å². The average Bonchev–Trinajstić information content (AvgIpc) is 3.20. The second-order valence-electron chi connectivity index (χ2n) is 4.83. The molecule has 3 N–H and O–H groups in total. The van der Waals surface area contributed by atoms with Crippen LogP contribution in [0.15, 0.2) is 18.2 Å². The Bertz CT molecular complexity index is 447. The minimum atomic E-state index is -0.192. The van der Waals surface area contributed by atoms with E-state index in [1.807, 2.05) is 0 Å². The Morgan fingerprint density at radius 2 is 2.26 bits per heavy atom. The van der Waals surface area contributed by atoms with E-state index in [4.69, 9.17) is 22.1 Å². The Morgan fingerprint density at radius 1 is 1.47 bits per heavy atom. The number of nitrogens with one attached hydrogen (secondary N) is 1. The monoisotopic (exact) mass is 282 g/mol. The van der Waals surface area contributed by atoms with Crippen molar-refractivity contribution in [3.63, 3.8) is 0 Å². The van der Waals surface area contributed by atoms with Gasteiger partial charge in [0.05, 0.1) is 16.3 Å². The number of nitrogens with two attached hydrogens (primary N) is 1. The number of halogens is 1. The number of benzene rings is 1. The normalized spacial score (nSPS) is 14.4. The summed E-state index contributed by atoms with van der Waals surface area (Å²) in [6.07, 6.45) is 3.40. The van der Waals surface area contributed by atoms with Crippen LogP contribution < -0.4 is 11.1 Å². The van der Waals surface area contributed by atoms with Crippen LogP contribution in [0.5, 0.6) is 0 Å². The van der Waals surface area contributed by atoms with Crippen molar-refractivity contribution in [2.45, 2.75) is 19.3 Å². The largest absolute Gasteiger partial charge is 0.397 e. The fourth-order valence-electron chi connectivity index (χ4n) is 1.74. The molecule has 0 atom stereocenters. The van der Waals surface area contributed by atoms with Gasteiger partial charge in [0.15, 0.2) is 0 Å². The molecule has 0 saturated heterocycles. The standard InChI is InChI=1S/C14H19ClN2O2/c15-12-4-1-3-11(13(12)16)14(18)17-7-2-8-19-9-10-5-6-10/h1,3-4,10H,2,5-9,16H2,(H,17,18). The van der Waals surface area contributed by atoms with Crippen LogP contribution in [-0.2, 0) is 4.74 Å². The van der Waals surface area contributed by atoms with Crippen LogP contribution in [0.25, 0.3) is 0 Å². The molecule has 1 aromatic carbocycles. The Balaban J connectivity index is 1.67. The van der Waals surface area contributed by atoms with Crippen molar-refractivity contribution in [1.29, 1.82) is 0 Å². The number of hydrogen-bond acceptors (Lipinski definition) is 3.